The molecule has 0 saturated carbocycles. The molecule has 0 bridgehead atoms. The van der Waals surface area contributed by atoms with Crippen LogP contribution in [0.5, 0.6) is 0 Å². The maximum Gasteiger partial charge on any atom is 0.313 e. The Hall–Kier alpha value is -1.53. The van der Waals surface area contributed by atoms with Crippen molar-refractivity contribution < 1.29 is 9.90 Å². The van der Waals surface area contributed by atoms with Crippen LogP contribution in [0.3, 0.4) is 0 Å². The fourth-order valence-electron chi connectivity index (χ4n) is 1.96. The third-order valence-corrected chi connectivity index (χ3v) is 4.00. The summed E-state index contributed by atoms with van der Waals surface area (Å²) in [7, 11) is 0. The van der Waals surface area contributed by atoms with E-state index in [2.05, 4.69) is 17.1 Å². The monoisotopic (exact) mass is 325 g/mol. The second-order valence-electron chi connectivity index (χ2n) is 4.54. The molecular formula is C14H16ClN3O2S. The molecule has 2 aromatic rings. The second kappa shape index (κ2) is 7.47. The van der Waals surface area contributed by atoms with Crippen LogP contribution in [0.15, 0.2) is 29.4 Å². The molecule has 0 aliphatic carbocycles. The summed E-state index contributed by atoms with van der Waals surface area (Å²) in [6, 6.07) is 7.62. The lowest BCUT2D eigenvalue weighted by Crippen LogP contribution is -2.07. The highest BCUT2D eigenvalue weighted by molar-refractivity contribution is 7.99. The van der Waals surface area contributed by atoms with Gasteiger partial charge in [-0.15, -0.1) is 10.2 Å². The minimum Gasteiger partial charge on any atom is -0.481 e. The quantitative estimate of drug-likeness (QED) is 0.792. The summed E-state index contributed by atoms with van der Waals surface area (Å²) in [4.78, 5) is 10.7. The molecule has 0 aliphatic rings. The number of rotatable bonds is 7. The zero-order valence-corrected chi connectivity index (χ0v) is 13.2. The van der Waals surface area contributed by atoms with Crippen LogP contribution in [0.25, 0.3) is 0 Å². The Morgan fingerprint density at radius 3 is 2.90 bits per heavy atom. The van der Waals surface area contributed by atoms with Gasteiger partial charge in [-0.25, -0.2) is 0 Å². The molecule has 7 heteroatoms. The Bertz CT molecular complexity index is 630. The number of aromatic nitrogens is 3. The van der Waals surface area contributed by atoms with Gasteiger partial charge in [-0.05, 0) is 24.1 Å². The van der Waals surface area contributed by atoms with Gasteiger partial charge in [0.1, 0.15) is 5.82 Å². The van der Waals surface area contributed by atoms with E-state index in [1.165, 1.54) is 11.8 Å². The predicted molar refractivity (Wildman–Crippen MR) is 82.9 cm³/mol. The Labute approximate surface area is 132 Å². The molecule has 21 heavy (non-hydrogen) atoms. The van der Waals surface area contributed by atoms with Crippen molar-refractivity contribution in [3.05, 3.63) is 40.7 Å². The van der Waals surface area contributed by atoms with E-state index in [1.54, 1.807) is 0 Å². The summed E-state index contributed by atoms with van der Waals surface area (Å²) in [6.45, 7) is 2.83. The van der Waals surface area contributed by atoms with Crippen LogP contribution >= 0.6 is 23.4 Å². The molecule has 1 N–H and O–H groups in total. The Morgan fingerprint density at radius 2 is 2.24 bits per heavy atom. The molecule has 1 aromatic heterocycles. The molecule has 0 unspecified atom stereocenters. The number of nitrogens with zero attached hydrogens (tertiary/aromatic N) is 3. The lowest BCUT2D eigenvalue weighted by atomic mass is 10.1. The van der Waals surface area contributed by atoms with Gasteiger partial charge in [0.05, 0.1) is 5.75 Å². The van der Waals surface area contributed by atoms with Crippen LogP contribution < -0.4 is 0 Å². The summed E-state index contributed by atoms with van der Waals surface area (Å²) >= 11 is 7.18. The lowest BCUT2D eigenvalue weighted by molar-refractivity contribution is -0.133. The number of hydrogen-bond acceptors (Lipinski definition) is 4. The van der Waals surface area contributed by atoms with E-state index in [0.29, 0.717) is 16.6 Å². The summed E-state index contributed by atoms with van der Waals surface area (Å²) in [5.74, 6) is -0.0478. The fraction of sp³-hybridized carbons (Fsp3) is 0.357. The number of hydrogen-bond donors (Lipinski definition) is 1. The number of thioether (sulfide) groups is 1. The Balaban J connectivity index is 2.20. The number of carboxylic acids is 1. The van der Waals surface area contributed by atoms with Crippen molar-refractivity contribution in [3.8, 4) is 0 Å². The Kier molecular flexibility index (Phi) is 5.64. The van der Waals surface area contributed by atoms with Crippen LogP contribution in [0.1, 0.15) is 24.7 Å². The van der Waals surface area contributed by atoms with Gasteiger partial charge in [0.25, 0.3) is 0 Å². The SMILES string of the molecule is CCCn1c(Cc2cccc(Cl)c2)nnc1SCC(=O)O. The van der Waals surface area contributed by atoms with Gasteiger partial charge in [0.15, 0.2) is 5.16 Å². The first-order chi connectivity index (χ1) is 10.1. The van der Waals surface area contributed by atoms with Gasteiger partial charge in [0, 0.05) is 18.0 Å². The summed E-state index contributed by atoms with van der Waals surface area (Å²) in [5, 5.41) is 18.4. The van der Waals surface area contributed by atoms with Crippen LogP contribution in [-0.2, 0) is 17.8 Å². The highest BCUT2D eigenvalue weighted by Crippen LogP contribution is 2.20. The molecule has 0 atom stereocenters. The van der Waals surface area contributed by atoms with Crippen LogP contribution in [0, 0.1) is 0 Å². The number of aliphatic carboxylic acids is 1. The van der Waals surface area contributed by atoms with Crippen LogP contribution in [0.4, 0.5) is 0 Å². The van der Waals surface area contributed by atoms with Crippen molar-refractivity contribution >= 4 is 29.3 Å². The molecule has 1 aromatic carbocycles. The summed E-state index contributed by atoms with van der Waals surface area (Å²) in [5.41, 5.74) is 1.06. The molecule has 0 spiro atoms. The third-order valence-electron chi connectivity index (χ3n) is 2.82. The topological polar surface area (TPSA) is 68.0 Å². The van der Waals surface area contributed by atoms with Gasteiger partial charge in [-0.3, -0.25) is 4.79 Å². The first-order valence-electron chi connectivity index (χ1n) is 6.61. The maximum absolute atomic E-state index is 10.7. The van der Waals surface area contributed by atoms with Gasteiger partial charge in [-0.2, -0.15) is 0 Å². The van der Waals surface area contributed by atoms with Crippen molar-refractivity contribution in [1.82, 2.24) is 14.8 Å². The average molecular weight is 326 g/mol. The zero-order chi connectivity index (χ0) is 15.2. The molecule has 112 valence electrons. The molecule has 1 heterocycles. The number of halogens is 1. The van der Waals surface area contributed by atoms with Gasteiger partial charge < -0.3 is 9.67 Å². The summed E-state index contributed by atoms with van der Waals surface area (Å²) < 4.78 is 1.98. The van der Waals surface area contributed by atoms with E-state index < -0.39 is 5.97 Å². The van der Waals surface area contributed by atoms with Crippen molar-refractivity contribution in [2.24, 2.45) is 0 Å². The number of benzene rings is 1. The van der Waals surface area contributed by atoms with Crippen LogP contribution in [-0.4, -0.2) is 31.6 Å². The number of carboxylic acid groups (broad SMARTS) is 1. The van der Waals surface area contributed by atoms with Crippen molar-refractivity contribution in [1.29, 1.82) is 0 Å². The standard InChI is InChI=1S/C14H16ClN3O2S/c1-2-6-18-12(8-10-4-3-5-11(15)7-10)16-17-14(18)21-9-13(19)20/h3-5,7H,2,6,8-9H2,1H3,(H,19,20). The molecule has 0 aliphatic heterocycles. The van der Waals surface area contributed by atoms with Gasteiger partial charge in [-0.1, -0.05) is 42.4 Å². The number of carbonyl (C=O) groups is 1. The van der Waals surface area contributed by atoms with E-state index in [9.17, 15) is 4.79 Å². The van der Waals surface area contributed by atoms with Gasteiger partial charge in [0.2, 0.25) is 0 Å². The minimum atomic E-state index is -0.859. The maximum atomic E-state index is 10.7. The molecule has 0 amide bonds. The van der Waals surface area contributed by atoms with E-state index in [4.69, 9.17) is 16.7 Å². The van der Waals surface area contributed by atoms with Crippen molar-refractivity contribution in [2.45, 2.75) is 31.5 Å². The Morgan fingerprint density at radius 1 is 1.43 bits per heavy atom. The summed E-state index contributed by atoms with van der Waals surface area (Å²) in [6.07, 6.45) is 1.56. The fourth-order valence-corrected chi connectivity index (χ4v) is 2.88. The first-order valence-corrected chi connectivity index (χ1v) is 7.97. The van der Waals surface area contributed by atoms with E-state index >= 15 is 0 Å². The molecule has 0 saturated heterocycles. The highest BCUT2D eigenvalue weighted by atomic mass is 35.5. The first kappa shape index (κ1) is 15.9. The van der Waals surface area contributed by atoms with E-state index in [-0.39, 0.29) is 5.75 Å². The third kappa shape index (κ3) is 4.47. The normalized spacial score (nSPS) is 10.8. The lowest BCUT2D eigenvalue weighted by Gasteiger charge is -2.08. The molecular weight excluding hydrogens is 310 g/mol. The van der Waals surface area contributed by atoms with E-state index in [1.807, 2.05) is 28.8 Å². The van der Waals surface area contributed by atoms with E-state index in [0.717, 1.165) is 24.4 Å². The van der Waals surface area contributed by atoms with Crippen molar-refractivity contribution in [3.63, 3.8) is 0 Å². The smallest absolute Gasteiger partial charge is 0.313 e. The molecule has 0 radical (unpaired) electrons. The largest absolute Gasteiger partial charge is 0.481 e. The molecule has 0 fully saturated rings. The molecule has 2 rings (SSSR count). The van der Waals surface area contributed by atoms with Crippen LogP contribution in [0.2, 0.25) is 5.02 Å². The second-order valence-corrected chi connectivity index (χ2v) is 5.92. The average Bonchev–Trinajstić information content (AvgIpc) is 2.80. The molecule has 5 nitrogen and oxygen atoms in total. The van der Waals surface area contributed by atoms with Gasteiger partial charge >= 0.3 is 5.97 Å². The minimum absolute atomic E-state index is 0.0149. The highest BCUT2D eigenvalue weighted by Gasteiger charge is 2.13. The van der Waals surface area contributed by atoms with Crippen molar-refractivity contribution in [2.75, 3.05) is 5.75 Å². The predicted octanol–water partition coefficient (Wildman–Crippen LogP) is 3.11. The zero-order valence-electron chi connectivity index (χ0n) is 11.6.